The predicted molar refractivity (Wildman–Crippen MR) is 73.9 cm³/mol. The van der Waals surface area contributed by atoms with Crippen LogP contribution < -0.4 is 5.73 Å². The molecule has 0 radical (unpaired) electrons. The predicted octanol–water partition coefficient (Wildman–Crippen LogP) is 3.01. The number of anilines is 1. The average molecular weight is 272 g/mol. The van der Waals surface area contributed by atoms with Gasteiger partial charge in [0, 0.05) is 27.4 Å². The lowest BCUT2D eigenvalue weighted by molar-refractivity contribution is 0.0979. The Hall–Kier alpha value is -2.13. The second kappa shape index (κ2) is 3.93. The highest BCUT2D eigenvalue weighted by Crippen LogP contribution is 2.33. The molecule has 94 valence electrons. The van der Waals surface area contributed by atoms with Gasteiger partial charge in [-0.3, -0.25) is 9.59 Å². The van der Waals surface area contributed by atoms with Gasteiger partial charge in [0.05, 0.1) is 5.56 Å². The molecule has 0 aromatic heterocycles. The molecule has 2 aromatic carbocycles. The number of ketones is 2. The summed E-state index contributed by atoms with van der Waals surface area (Å²) in [5.41, 5.74) is 8.35. The van der Waals surface area contributed by atoms with Crippen molar-refractivity contribution in [2.75, 3.05) is 5.73 Å². The van der Waals surface area contributed by atoms with Gasteiger partial charge in [-0.25, -0.2) is 0 Å². The molecule has 3 rings (SSSR count). The summed E-state index contributed by atoms with van der Waals surface area (Å²) in [4.78, 5) is 24.9. The topological polar surface area (TPSA) is 60.2 Å². The van der Waals surface area contributed by atoms with Crippen molar-refractivity contribution < 1.29 is 9.59 Å². The number of halogens is 1. The van der Waals surface area contributed by atoms with Crippen molar-refractivity contribution in [3.8, 4) is 0 Å². The summed E-state index contributed by atoms with van der Waals surface area (Å²) in [6.07, 6.45) is 0. The largest absolute Gasteiger partial charge is 0.398 e. The fourth-order valence-corrected chi connectivity index (χ4v) is 2.61. The van der Waals surface area contributed by atoms with E-state index in [0.29, 0.717) is 16.1 Å². The SMILES string of the molecule is Cc1ccc2c(c1)C(=O)c1cc(Cl)cc(N)c1C2=O. The van der Waals surface area contributed by atoms with E-state index < -0.39 is 0 Å². The molecule has 0 bridgehead atoms. The molecule has 1 aliphatic rings. The first-order chi connectivity index (χ1) is 8.99. The number of carbonyl (C=O) groups excluding carboxylic acids is 2. The van der Waals surface area contributed by atoms with Gasteiger partial charge in [0.1, 0.15) is 0 Å². The molecule has 0 atom stereocenters. The number of hydrogen-bond acceptors (Lipinski definition) is 3. The van der Waals surface area contributed by atoms with Crippen molar-refractivity contribution in [2.45, 2.75) is 6.92 Å². The third-order valence-corrected chi connectivity index (χ3v) is 3.49. The van der Waals surface area contributed by atoms with E-state index in [4.69, 9.17) is 17.3 Å². The van der Waals surface area contributed by atoms with Crippen molar-refractivity contribution in [2.24, 2.45) is 0 Å². The van der Waals surface area contributed by atoms with Gasteiger partial charge in [-0.05, 0) is 25.1 Å². The fraction of sp³-hybridized carbons (Fsp3) is 0.0667. The summed E-state index contributed by atoms with van der Waals surface area (Å²) in [5.74, 6) is -0.429. The van der Waals surface area contributed by atoms with Crippen LogP contribution in [0.3, 0.4) is 0 Å². The van der Waals surface area contributed by atoms with Crippen LogP contribution in [0.4, 0.5) is 5.69 Å². The molecule has 0 aliphatic heterocycles. The molecule has 19 heavy (non-hydrogen) atoms. The number of hydrogen-bond donors (Lipinski definition) is 1. The van der Waals surface area contributed by atoms with Crippen LogP contribution in [0.5, 0.6) is 0 Å². The molecule has 0 amide bonds. The lowest BCUT2D eigenvalue weighted by Crippen LogP contribution is -2.22. The molecule has 0 spiro atoms. The van der Waals surface area contributed by atoms with Gasteiger partial charge in [0.2, 0.25) is 0 Å². The summed E-state index contributed by atoms with van der Waals surface area (Å²) in [7, 11) is 0. The van der Waals surface area contributed by atoms with Crippen molar-refractivity contribution in [3.05, 3.63) is 63.2 Å². The Balaban J connectivity index is 2.36. The lowest BCUT2D eigenvalue weighted by Gasteiger charge is -2.19. The quantitative estimate of drug-likeness (QED) is 0.640. The van der Waals surface area contributed by atoms with Crippen LogP contribution in [0.15, 0.2) is 30.3 Å². The van der Waals surface area contributed by atoms with E-state index in [2.05, 4.69) is 0 Å². The number of rotatable bonds is 0. The van der Waals surface area contributed by atoms with Crippen LogP contribution in [0.25, 0.3) is 0 Å². The van der Waals surface area contributed by atoms with Crippen LogP contribution in [0, 0.1) is 6.92 Å². The zero-order valence-corrected chi connectivity index (χ0v) is 10.9. The zero-order valence-electron chi connectivity index (χ0n) is 10.2. The molecule has 0 heterocycles. The molecule has 0 fully saturated rings. The van der Waals surface area contributed by atoms with Crippen LogP contribution in [0.1, 0.15) is 37.4 Å². The smallest absolute Gasteiger partial charge is 0.196 e. The van der Waals surface area contributed by atoms with Crippen LogP contribution in [0.2, 0.25) is 5.02 Å². The third kappa shape index (κ3) is 1.66. The number of nitrogen functional groups attached to an aromatic ring is 1. The molecule has 0 saturated carbocycles. The molecular formula is C15H10ClNO2. The zero-order chi connectivity index (χ0) is 13.7. The highest BCUT2D eigenvalue weighted by Gasteiger charge is 2.31. The normalized spacial score (nSPS) is 13.2. The van der Waals surface area contributed by atoms with Crippen LogP contribution >= 0.6 is 11.6 Å². The van der Waals surface area contributed by atoms with E-state index in [1.807, 2.05) is 6.92 Å². The summed E-state index contributed by atoms with van der Waals surface area (Å²) < 4.78 is 0. The van der Waals surface area contributed by atoms with Crippen LogP contribution in [-0.2, 0) is 0 Å². The number of nitrogens with two attached hydrogens (primary N) is 1. The van der Waals surface area contributed by atoms with E-state index in [-0.39, 0.29) is 28.4 Å². The minimum Gasteiger partial charge on any atom is -0.398 e. The van der Waals surface area contributed by atoms with Crippen molar-refractivity contribution in [1.82, 2.24) is 0 Å². The minimum absolute atomic E-state index is 0.206. The Morgan fingerprint density at radius 3 is 2.42 bits per heavy atom. The summed E-state index contributed by atoms with van der Waals surface area (Å²) >= 11 is 5.91. The van der Waals surface area contributed by atoms with Gasteiger partial charge < -0.3 is 5.73 Å². The Morgan fingerprint density at radius 2 is 1.68 bits per heavy atom. The Morgan fingerprint density at radius 1 is 0.947 bits per heavy atom. The number of carbonyl (C=O) groups is 2. The first kappa shape index (κ1) is 11.9. The maximum Gasteiger partial charge on any atom is 0.196 e. The average Bonchev–Trinajstić information content (AvgIpc) is 2.35. The van der Waals surface area contributed by atoms with E-state index in [0.717, 1.165) is 5.56 Å². The standard InChI is InChI=1S/C15H10ClNO2/c1-7-2-3-9-10(4-7)14(18)11-5-8(16)6-12(17)13(11)15(9)19/h2-6H,17H2,1H3. The number of fused-ring (bicyclic) bond motifs is 2. The molecule has 2 aromatic rings. The molecule has 0 unspecified atom stereocenters. The van der Waals surface area contributed by atoms with Crippen molar-refractivity contribution in [3.63, 3.8) is 0 Å². The molecular weight excluding hydrogens is 262 g/mol. The third-order valence-electron chi connectivity index (χ3n) is 3.27. The Labute approximate surface area is 115 Å². The first-order valence-electron chi connectivity index (χ1n) is 5.78. The summed E-state index contributed by atoms with van der Waals surface area (Å²) in [5, 5.41) is 0.355. The number of benzene rings is 2. The van der Waals surface area contributed by atoms with E-state index in [9.17, 15) is 9.59 Å². The molecule has 4 heteroatoms. The number of aryl methyl sites for hydroxylation is 1. The maximum atomic E-state index is 12.4. The summed E-state index contributed by atoms with van der Waals surface area (Å²) in [6, 6.07) is 8.18. The van der Waals surface area contributed by atoms with E-state index in [1.54, 1.807) is 18.2 Å². The van der Waals surface area contributed by atoms with Gasteiger partial charge in [-0.1, -0.05) is 29.3 Å². The van der Waals surface area contributed by atoms with Gasteiger partial charge in [0.15, 0.2) is 11.6 Å². The first-order valence-corrected chi connectivity index (χ1v) is 6.16. The van der Waals surface area contributed by atoms with Gasteiger partial charge in [-0.2, -0.15) is 0 Å². The summed E-state index contributed by atoms with van der Waals surface area (Å²) in [6.45, 7) is 1.87. The monoisotopic (exact) mass is 271 g/mol. The molecule has 2 N–H and O–H groups in total. The maximum absolute atomic E-state index is 12.4. The Bertz CT molecular complexity index is 750. The molecule has 1 aliphatic carbocycles. The highest BCUT2D eigenvalue weighted by atomic mass is 35.5. The molecule has 0 saturated heterocycles. The van der Waals surface area contributed by atoms with Gasteiger partial charge in [0.25, 0.3) is 0 Å². The van der Waals surface area contributed by atoms with Crippen molar-refractivity contribution in [1.29, 1.82) is 0 Å². The van der Waals surface area contributed by atoms with E-state index >= 15 is 0 Å². The van der Waals surface area contributed by atoms with Gasteiger partial charge >= 0.3 is 0 Å². The van der Waals surface area contributed by atoms with Gasteiger partial charge in [-0.15, -0.1) is 0 Å². The highest BCUT2D eigenvalue weighted by molar-refractivity contribution is 6.34. The second-order valence-electron chi connectivity index (χ2n) is 4.62. The minimum atomic E-state index is -0.223. The Kier molecular flexibility index (Phi) is 2.47. The second-order valence-corrected chi connectivity index (χ2v) is 5.06. The van der Waals surface area contributed by atoms with E-state index in [1.165, 1.54) is 12.1 Å². The molecule has 3 nitrogen and oxygen atoms in total. The van der Waals surface area contributed by atoms with Crippen LogP contribution in [-0.4, -0.2) is 11.6 Å². The fourth-order valence-electron chi connectivity index (χ4n) is 2.38. The lowest BCUT2D eigenvalue weighted by atomic mass is 9.82. The van der Waals surface area contributed by atoms with Crippen molar-refractivity contribution >= 4 is 28.9 Å².